The molecule has 1 atom stereocenters. The summed E-state index contributed by atoms with van der Waals surface area (Å²) in [6.45, 7) is 4.43. The van der Waals surface area contributed by atoms with Gasteiger partial charge in [-0.05, 0) is 43.7 Å². The Morgan fingerprint density at radius 2 is 2.31 bits per heavy atom. The van der Waals surface area contributed by atoms with E-state index < -0.39 is 0 Å². The minimum atomic E-state index is 0.118. The molecule has 0 radical (unpaired) electrons. The summed E-state index contributed by atoms with van der Waals surface area (Å²) in [7, 11) is 0. The molecule has 86 valence electrons. The van der Waals surface area contributed by atoms with Gasteiger partial charge >= 0.3 is 0 Å². The van der Waals surface area contributed by atoms with Crippen LogP contribution in [0.5, 0.6) is 5.75 Å². The van der Waals surface area contributed by atoms with Gasteiger partial charge in [0.1, 0.15) is 11.9 Å². The predicted octanol–water partition coefficient (Wildman–Crippen LogP) is 1.85. The van der Waals surface area contributed by atoms with Gasteiger partial charge in [-0.15, -0.1) is 0 Å². The van der Waals surface area contributed by atoms with Crippen molar-refractivity contribution in [1.82, 2.24) is 0 Å². The molecular weight excluding hydrogens is 202 g/mol. The van der Waals surface area contributed by atoms with Gasteiger partial charge in [-0.25, -0.2) is 0 Å². The standard InChI is InChI=1S/C13H17NO2/c1-8-5-10(12(15)3-4-14)7-11-6-9(2)16-13(8)11/h5,7,9H,3-4,6,14H2,1-2H3. The van der Waals surface area contributed by atoms with Gasteiger partial charge < -0.3 is 10.5 Å². The molecule has 3 heteroatoms. The van der Waals surface area contributed by atoms with E-state index in [1.165, 1.54) is 0 Å². The van der Waals surface area contributed by atoms with Crippen molar-refractivity contribution in [2.45, 2.75) is 32.8 Å². The molecule has 0 saturated carbocycles. The van der Waals surface area contributed by atoms with Crippen LogP contribution in [0.1, 0.15) is 34.8 Å². The van der Waals surface area contributed by atoms with E-state index in [1.807, 2.05) is 26.0 Å². The fourth-order valence-electron chi connectivity index (χ4n) is 2.16. The Labute approximate surface area is 95.6 Å². The minimum absolute atomic E-state index is 0.118. The zero-order valence-electron chi connectivity index (χ0n) is 9.75. The van der Waals surface area contributed by atoms with Crippen LogP contribution in [0.4, 0.5) is 0 Å². The van der Waals surface area contributed by atoms with Crippen LogP contribution in [-0.4, -0.2) is 18.4 Å². The number of carbonyl (C=O) groups excluding carboxylic acids is 1. The van der Waals surface area contributed by atoms with E-state index >= 15 is 0 Å². The number of Topliss-reactive ketones (excluding diaryl/α,β-unsaturated/α-hetero) is 1. The monoisotopic (exact) mass is 219 g/mol. The Morgan fingerprint density at radius 1 is 1.56 bits per heavy atom. The first-order chi connectivity index (χ1) is 7.61. The van der Waals surface area contributed by atoms with Crippen LogP contribution in [0, 0.1) is 6.92 Å². The number of fused-ring (bicyclic) bond motifs is 1. The maximum absolute atomic E-state index is 11.8. The van der Waals surface area contributed by atoms with E-state index in [1.54, 1.807) is 0 Å². The molecule has 0 aliphatic carbocycles. The SMILES string of the molecule is Cc1cc(C(=O)CCN)cc2c1OC(C)C2. The number of benzene rings is 1. The first-order valence-electron chi connectivity index (χ1n) is 5.65. The van der Waals surface area contributed by atoms with Crippen LogP contribution in [0.15, 0.2) is 12.1 Å². The highest BCUT2D eigenvalue weighted by Crippen LogP contribution is 2.33. The van der Waals surface area contributed by atoms with Gasteiger partial charge in [0, 0.05) is 18.4 Å². The first kappa shape index (κ1) is 11.1. The number of nitrogens with two attached hydrogens (primary N) is 1. The summed E-state index contributed by atoms with van der Waals surface area (Å²) in [4.78, 5) is 11.8. The Balaban J connectivity index is 2.34. The van der Waals surface area contributed by atoms with E-state index in [0.29, 0.717) is 13.0 Å². The molecule has 1 heterocycles. The van der Waals surface area contributed by atoms with E-state index in [4.69, 9.17) is 10.5 Å². The van der Waals surface area contributed by atoms with Gasteiger partial charge in [-0.3, -0.25) is 4.79 Å². The maximum atomic E-state index is 11.8. The number of ether oxygens (including phenoxy) is 1. The van der Waals surface area contributed by atoms with Crippen molar-refractivity contribution in [3.8, 4) is 5.75 Å². The summed E-state index contributed by atoms with van der Waals surface area (Å²) in [5.41, 5.74) is 8.35. The fourth-order valence-corrected chi connectivity index (χ4v) is 2.16. The highest BCUT2D eigenvalue weighted by molar-refractivity contribution is 5.96. The van der Waals surface area contributed by atoms with E-state index in [-0.39, 0.29) is 11.9 Å². The van der Waals surface area contributed by atoms with Crippen LogP contribution >= 0.6 is 0 Å². The van der Waals surface area contributed by atoms with Crippen molar-refractivity contribution >= 4 is 5.78 Å². The molecule has 1 aromatic carbocycles. The summed E-state index contributed by atoms with van der Waals surface area (Å²) < 4.78 is 5.70. The second-order valence-electron chi connectivity index (χ2n) is 4.38. The smallest absolute Gasteiger partial charge is 0.164 e. The van der Waals surface area contributed by atoms with Crippen LogP contribution in [0.3, 0.4) is 0 Å². The Morgan fingerprint density at radius 3 is 3.00 bits per heavy atom. The number of hydrogen-bond acceptors (Lipinski definition) is 3. The van der Waals surface area contributed by atoms with Crippen molar-refractivity contribution in [2.75, 3.05) is 6.54 Å². The van der Waals surface area contributed by atoms with Crippen LogP contribution in [0.25, 0.3) is 0 Å². The molecular formula is C13H17NO2. The van der Waals surface area contributed by atoms with Crippen molar-refractivity contribution in [3.05, 3.63) is 28.8 Å². The number of rotatable bonds is 3. The third-order valence-corrected chi connectivity index (χ3v) is 2.87. The van der Waals surface area contributed by atoms with E-state index in [9.17, 15) is 4.79 Å². The number of aryl methyl sites for hydroxylation is 1. The molecule has 0 amide bonds. The first-order valence-corrected chi connectivity index (χ1v) is 5.65. The molecule has 0 saturated heterocycles. The number of carbonyl (C=O) groups is 1. The molecule has 3 nitrogen and oxygen atoms in total. The van der Waals surface area contributed by atoms with Gasteiger partial charge in [0.15, 0.2) is 5.78 Å². The lowest BCUT2D eigenvalue weighted by molar-refractivity contribution is 0.0985. The molecule has 2 rings (SSSR count). The Kier molecular flexibility index (Phi) is 2.97. The Hall–Kier alpha value is -1.35. The summed E-state index contributed by atoms with van der Waals surface area (Å²) in [6.07, 6.45) is 1.52. The fraction of sp³-hybridized carbons (Fsp3) is 0.462. The van der Waals surface area contributed by atoms with Crippen molar-refractivity contribution in [3.63, 3.8) is 0 Å². The lowest BCUT2D eigenvalue weighted by Crippen LogP contribution is -2.08. The lowest BCUT2D eigenvalue weighted by atomic mass is 9.99. The highest BCUT2D eigenvalue weighted by atomic mass is 16.5. The normalized spacial score (nSPS) is 18.1. The number of hydrogen-bond donors (Lipinski definition) is 1. The lowest BCUT2D eigenvalue weighted by Gasteiger charge is -2.07. The average molecular weight is 219 g/mol. The Bertz CT molecular complexity index is 426. The largest absolute Gasteiger partial charge is 0.490 e. The number of ketones is 1. The van der Waals surface area contributed by atoms with Crippen LogP contribution in [0.2, 0.25) is 0 Å². The van der Waals surface area contributed by atoms with Gasteiger partial charge in [0.2, 0.25) is 0 Å². The van der Waals surface area contributed by atoms with Crippen molar-refractivity contribution in [2.24, 2.45) is 5.73 Å². The van der Waals surface area contributed by atoms with Gasteiger partial charge in [-0.2, -0.15) is 0 Å². The van der Waals surface area contributed by atoms with Gasteiger partial charge in [-0.1, -0.05) is 0 Å². The van der Waals surface area contributed by atoms with Gasteiger partial charge in [0.25, 0.3) is 0 Å². The molecule has 1 unspecified atom stereocenters. The summed E-state index contributed by atoms with van der Waals surface area (Å²) in [5, 5.41) is 0. The minimum Gasteiger partial charge on any atom is -0.490 e. The quantitative estimate of drug-likeness (QED) is 0.789. The van der Waals surface area contributed by atoms with Crippen LogP contribution < -0.4 is 10.5 Å². The third kappa shape index (κ3) is 1.95. The van der Waals surface area contributed by atoms with Crippen molar-refractivity contribution < 1.29 is 9.53 Å². The molecule has 0 spiro atoms. The topological polar surface area (TPSA) is 52.3 Å². The summed E-state index contributed by atoms with van der Waals surface area (Å²) >= 11 is 0. The van der Waals surface area contributed by atoms with Crippen molar-refractivity contribution in [1.29, 1.82) is 0 Å². The third-order valence-electron chi connectivity index (χ3n) is 2.87. The maximum Gasteiger partial charge on any atom is 0.164 e. The zero-order valence-corrected chi connectivity index (χ0v) is 9.75. The predicted molar refractivity (Wildman–Crippen MR) is 63.0 cm³/mol. The summed E-state index contributed by atoms with van der Waals surface area (Å²) in [5.74, 6) is 1.07. The second kappa shape index (κ2) is 4.26. The average Bonchev–Trinajstić information content (AvgIpc) is 2.59. The van der Waals surface area contributed by atoms with E-state index in [2.05, 4.69) is 0 Å². The van der Waals surface area contributed by atoms with E-state index in [0.717, 1.165) is 28.9 Å². The molecule has 0 aromatic heterocycles. The second-order valence-corrected chi connectivity index (χ2v) is 4.38. The van der Waals surface area contributed by atoms with Gasteiger partial charge in [0.05, 0.1) is 0 Å². The molecule has 1 aliphatic rings. The molecule has 0 bridgehead atoms. The zero-order chi connectivity index (χ0) is 11.7. The highest BCUT2D eigenvalue weighted by Gasteiger charge is 2.22. The molecule has 2 N–H and O–H groups in total. The molecule has 1 aliphatic heterocycles. The molecule has 1 aromatic rings. The summed E-state index contributed by atoms with van der Waals surface area (Å²) in [6, 6.07) is 3.85. The van der Waals surface area contributed by atoms with Crippen LogP contribution in [-0.2, 0) is 6.42 Å². The molecule has 0 fully saturated rings. The molecule has 16 heavy (non-hydrogen) atoms.